The number of ether oxygens (including phenoxy) is 1. The molecule has 3 nitrogen and oxygen atoms in total. The summed E-state index contributed by atoms with van der Waals surface area (Å²) in [5.41, 5.74) is 1.20. The van der Waals surface area contributed by atoms with Gasteiger partial charge in [-0.05, 0) is 24.1 Å². The molecular weight excluding hydrogens is 190 g/mol. The van der Waals surface area contributed by atoms with E-state index < -0.39 is 6.10 Å². The zero-order chi connectivity index (χ0) is 11.1. The second-order valence-electron chi connectivity index (χ2n) is 3.33. The largest absolute Gasteiger partial charge is 0.491 e. The Morgan fingerprint density at radius 2 is 2.33 bits per heavy atom. The molecule has 80 valence electrons. The summed E-state index contributed by atoms with van der Waals surface area (Å²) in [5, 5.41) is 17.6. The third-order valence-corrected chi connectivity index (χ3v) is 2.08. The minimum atomic E-state index is -0.708. The van der Waals surface area contributed by atoms with Crippen molar-refractivity contribution in [3.05, 3.63) is 29.8 Å². The van der Waals surface area contributed by atoms with Gasteiger partial charge in [0, 0.05) is 0 Å². The molecule has 0 heterocycles. The lowest BCUT2D eigenvalue weighted by molar-refractivity contribution is 0.111. The zero-order valence-corrected chi connectivity index (χ0v) is 8.81. The third-order valence-electron chi connectivity index (χ3n) is 2.08. The highest BCUT2D eigenvalue weighted by molar-refractivity contribution is 5.28. The van der Waals surface area contributed by atoms with Gasteiger partial charge in [-0.1, -0.05) is 19.1 Å². The third kappa shape index (κ3) is 4.01. The number of rotatable bonds is 5. The Morgan fingerprint density at radius 1 is 1.53 bits per heavy atom. The van der Waals surface area contributed by atoms with Gasteiger partial charge in [0.1, 0.15) is 18.5 Å². The molecule has 1 aromatic carbocycles. The van der Waals surface area contributed by atoms with Crippen LogP contribution in [0.3, 0.4) is 0 Å². The van der Waals surface area contributed by atoms with Gasteiger partial charge in [0.15, 0.2) is 0 Å². The molecule has 0 radical (unpaired) electrons. The maximum Gasteiger partial charge on any atom is 0.119 e. The van der Waals surface area contributed by atoms with Gasteiger partial charge in [-0.15, -0.1) is 0 Å². The van der Waals surface area contributed by atoms with Crippen LogP contribution >= 0.6 is 0 Å². The second-order valence-corrected chi connectivity index (χ2v) is 3.33. The van der Waals surface area contributed by atoms with Crippen molar-refractivity contribution in [1.82, 2.24) is 0 Å². The molecule has 0 amide bonds. The molecule has 0 bridgehead atoms. The Labute approximate surface area is 89.9 Å². The first-order chi connectivity index (χ1) is 7.26. The smallest absolute Gasteiger partial charge is 0.119 e. The Morgan fingerprint density at radius 3 is 3.00 bits per heavy atom. The maximum atomic E-state index is 9.29. The summed E-state index contributed by atoms with van der Waals surface area (Å²) < 4.78 is 5.36. The molecule has 15 heavy (non-hydrogen) atoms. The van der Waals surface area contributed by atoms with E-state index in [0.717, 1.165) is 12.2 Å². The van der Waals surface area contributed by atoms with Crippen LogP contribution in [-0.2, 0) is 6.42 Å². The molecule has 0 fully saturated rings. The number of benzene rings is 1. The minimum Gasteiger partial charge on any atom is -0.491 e. The van der Waals surface area contributed by atoms with E-state index in [2.05, 4.69) is 6.92 Å². The second kappa shape index (κ2) is 6.05. The molecular formula is C12H15NO2. The van der Waals surface area contributed by atoms with Crippen molar-refractivity contribution < 1.29 is 9.84 Å². The topological polar surface area (TPSA) is 53.2 Å². The van der Waals surface area contributed by atoms with Gasteiger partial charge in [0.2, 0.25) is 0 Å². The molecule has 1 atom stereocenters. The van der Waals surface area contributed by atoms with Gasteiger partial charge in [0.05, 0.1) is 12.5 Å². The Bertz CT molecular complexity index is 344. The van der Waals surface area contributed by atoms with E-state index in [9.17, 15) is 5.11 Å². The normalized spacial score (nSPS) is 11.8. The van der Waals surface area contributed by atoms with E-state index in [4.69, 9.17) is 10.00 Å². The lowest BCUT2D eigenvalue weighted by Crippen LogP contribution is -2.16. The van der Waals surface area contributed by atoms with Crippen LogP contribution < -0.4 is 4.74 Å². The number of hydrogen-bond acceptors (Lipinski definition) is 3. The van der Waals surface area contributed by atoms with E-state index in [0.29, 0.717) is 0 Å². The van der Waals surface area contributed by atoms with Crippen LogP contribution in [0.1, 0.15) is 18.9 Å². The van der Waals surface area contributed by atoms with Crippen LogP contribution in [0, 0.1) is 11.3 Å². The van der Waals surface area contributed by atoms with Crippen molar-refractivity contribution in [1.29, 1.82) is 5.26 Å². The maximum absolute atomic E-state index is 9.29. The molecule has 0 aliphatic heterocycles. The van der Waals surface area contributed by atoms with Gasteiger partial charge in [-0.3, -0.25) is 0 Å². The molecule has 0 aromatic heterocycles. The summed E-state index contributed by atoms with van der Waals surface area (Å²) in [6.45, 7) is 2.24. The Hall–Kier alpha value is -1.53. The lowest BCUT2D eigenvalue weighted by Gasteiger charge is -2.10. The summed E-state index contributed by atoms with van der Waals surface area (Å²) in [4.78, 5) is 0. The van der Waals surface area contributed by atoms with Crippen LogP contribution in [-0.4, -0.2) is 17.8 Å². The summed E-state index contributed by atoms with van der Waals surface area (Å²) in [7, 11) is 0. The fraction of sp³-hybridized carbons (Fsp3) is 0.417. The van der Waals surface area contributed by atoms with Crippen molar-refractivity contribution in [2.24, 2.45) is 0 Å². The van der Waals surface area contributed by atoms with Crippen LogP contribution in [0.4, 0.5) is 0 Å². The van der Waals surface area contributed by atoms with Crippen molar-refractivity contribution in [3.63, 3.8) is 0 Å². The standard InChI is InChI=1S/C12H15NO2/c1-2-10-4-3-5-12(8-10)15-9-11(14)6-7-13/h3-5,8,11,14H,2,6,9H2,1H3. The van der Waals surface area contributed by atoms with Gasteiger partial charge in [-0.25, -0.2) is 0 Å². The van der Waals surface area contributed by atoms with Crippen LogP contribution in [0.15, 0.2) is 24.3 Å². The first-order valence-corrected chi connectivity index (χ1v) is 5.03. The van der Waals surface area contributed by atoms with Gasteiger partial charge in [0.25, 0.3) is 0 Å². The van der Waals surface area contributed by atoms with E-state index >= 15 is 0 Å². The fourth-order valence-corrected chi connectivity index (χ4v) is 1.21. The number of aryl methyl sites for hydroxylation is 1. The van der Waals surface area contributed by atoms with Crippen LogP contribution in [0.25, 0.3) is 0 Å². The monoisotopic (exact) mass is 205 g/mol. The molecule has 1 unspecified atom stereocenters. The number of hydrogen-bond donors (Lipinski definition) is 1. The predicted octanol–water partition coefficient (Wildman–Crippen LogP) is 1.90. The summed E-state index contributed by atoms with van der Waals surface area (Å²) in [6, 6.07) is 9.63. The molecule has 0 saturated carbocycles. The highest BCUT2D eigenvalue weighted by Crippen LogP contribution is 2.14. The summed E-state index contributed by atoms with van der Waals surface area (Å²) in [6.07, 6.45) is 0.353. The number of nitriles is 1. The molecule has 0 aliphatic carbocycles. The van der Waals surface area contributed by atoms with E-state index in [-0.39, 0.29) is 13.0 Å². The highest BCUT2D eigenvalue weighted by Gasteiger charge is 2.04. The van der Waals surface area contributed by atoms with Gasteiger partial charge in [-0.2, -0.15) is 5.26 Å². The Kier molecular flexibility index (Phi) is 4.65. The molecule has 3 heteroatoms. The zero-order valence-electron chi connectivity index (χ0n) is 8.81. The molecule has 1 aromatic rings. The average molecular weight is 205 g/mol. The molecule has 1 rings (SSSR count). The average Bonchev–Trinajstić information content (AvgIpc) is 2.27. The van der Waals surface area contributed by atoms with E-state index in [1.54, 1.807) is 0 Å². The minimum absolute atomic E-state index is 0.105. The summed E-state index contributed by atoms with van der Waals surface area (Å²) >= 11 is 0. The van der Waals surface area contributed by atoms with E-state index in [1.165, 1.54) is 5.56 Å². The quantitative estimate of drug-likeness (QED) is 0.798. The SMILES string of the molecule is CCc1cccc(OCC(O)CC#N)c1. The van der Waals surface area contributed by atoms with Crippen molar-refractivity contribution in [2.45, 2.75) is 25.9 Å². The van der Waals surface area contributed by atoms with Crippen molar-refractivity contribution in [3.8, 4) is 11.8 Å². The van der Waals surface area contributed by atoms with Crippen LogP contribution in [0.2, 0.25) is 0 Å². The van der Waals surface area contributed by atoms with Crippen LogP contribution in [0.5, 0.6) is 5.75 Å². The number of aliphatic hydroxyl groups excluding tert-OH is 1. The van der Waals surface area contributed by atoms with Crippen molar-refractivity contribution >= 4 is 0 Å². The van der Waals surface area contributed by atoms with E-state index in [1.807, 2.05) is 30.3 Å². The molecule has 0 aliphatic rings. The first kappa shape index (κ1) is 11.5. The van der Waals surface area contributed by atoms with Crippen molar-refractivity contribution in [2.75, 3.05) is 6.61 Å². The molecule has 1 N–H and O–H groups in total. The number of nitrogens with zero attached hydrogens (tertiary/aromatic N) is 1. The highest BCUT2D eigenvalue weighted by atomic mass is 16.5. The van der Waals surface area contributed by atoms with Gasteiger partial charge < -0.3 is 9.84 Å². The summed E-state index contributed by atoms with van der Waals surface area (Å²) in [5.74, 6) is 0.742. The predicted molar refractivity (Wildman–Crippen MR) is 57.6 cm³/mol. The lowest BCUT2D eigenvalue weighted by atomic mass is 10.2. The van der Waals surface area contributed by atoms with Gasteiger partial charge >= 0.3 is 0 Å². The first-order valence-electron chi connectivity index (χ1n) is 5.03. The fourth-order valence-electron chi connectivity index (χ4n) is 1.21. The molecule has 0 saturated heterocycles. The Balaban J connectivity index is 2.47. The molecule has 0 spiro atoms. The number of aliphatic hydroxyl groups is 1.